The van der Waals surface area contributed by atoms with Gasteiger partial charge in [0.05, 0.1) is 12.7 Å². The van der Waals surface area contributed by atoms with Crippen LogP contribution in [0.4, 0.5) is 5.69 Å². The second-order valence-electron chi connectivity index (χ2n) is 6.60. The number of hydrogen-bond acceptors (Lipinski definition) is 3. The molecule has 6 nitrogen and oxygen atoms in total. The van der Waals surface area contributed by atoms with E-state index in [2.05, 4.69) is 46.2 Å². The summed E-state index contributed by atoms with van der Waals surface area (Å²) in [5.41, 5.74) is 3.62. The van der Waals surface area contributed by atoms with E-state index >= 15 is 0 Å². The molecule has 1 aliphatic rings. The quantitative estimate of drug-likeness (QED) is 0.660. The van der Waals surface area contributed by atoms with Gasteiger partial charge in [0.25, 0.3) is 0 Å². The van der Waals surface area contributed by atoms with Crippen molar-refractivity contribution in [2.75, 3.05) is 37.6 Å². The minimum Gasteiger partial charge on any atom is -0.368 e. The molecule has 0 spiro atoms. The van der Waals surface area contributed by atoms with Crippen molar-refractivity contribution in [1.29, 1.82) is 0 Å². The van der Waals surface area contributed by atoms with Gasteiger partial charge >= 0.3 is 0 Å². The van der Waals surface area contributed by atoms with Crippen molar-refractivity contribution >= 4 is 23.2 Å². The van der Waals surface area contributed by atoms with Gasteiger partial charge in [-0.2, -0.15) is 5.10 Å². The van der Waals surface area contributed by atoms with Gasteiger partial charge in [0.2, 0.25) is 0 Å². The molecule has 140 valence electrons. The van der Waals surface area contributed by atoms with Crippen molar-refractivity contribution in [3.05, 3.63) is 46.7 Å². The molecule has 1 aliphatic heterocycles. The molecule has 1 aromatic heterocycles. The van der Waals surface area contributed by atoms with Crippen LogP contribution >= 0.6 is 11.6 Å². The van der Waals surface area contributed by atoms with Gasteiger partial charge in [0, 0.05) is 62.2 Å². The number of aromatic nitrogens is 2. The summed E-state index contributed by atoms with van der Waals surface area (Å²) in [6.45, 7) is 9.53. The first-order chi connectivity index (χ1) is 12.6. The van der Waals surface area contributed by atoms with Crippen molar-refractivity contribution in [2.24, 2.45) is 12.0 Å². The highest BCUT2D eigenvalue weighted by Gasteiger charge is 2.21. The summed E-state index contributed by atoms with van der Waals surface area (Å²) in [6.07, 6.45) is 3.87. The maximum Gasteiger partial charge on any atom is 0.194 e. The summed E-state index contributed by atoms with van der Waals surface area (Å²) in [4.78, 5) is 9.52. The Kier molecular flexibility index (Phi) is 6.04. The van der Waals surface area contributed by atoms with Crippen LogP contribution in [0, 0.1) is 6.92 Å². The molecule has 3 rings (SSSR count). The lowest BCUT2D eigenvalue weighted by atomic mass is 10.1. The summed E-state index contributed by atoms with van der Waals surface area (Å²) < 4.78 is 1.81. The third kappa shape index (κ3) is 4.49. The Hall–Kier alpha value is -2.21. The Labute approximate surface area is 160 Å². The fourth-order valence-electron chi connectivity index (χ4n) is 3.23. The lowest BCUT2D eigenvalue weighted by molar-refractivity contribution is 0.372. The Morgan fingerprint density at radius 1 is 1.27 bits per heavy atom. The van der Waals surface area contributed by atoms with Crippen LogP contribution in [0.2, 0.25) is 5.02 Å². The van der Waals surface area contributed by atoms with Gasteiger partial charge in [-0.3, -0.25) is 4.68 Å². The number of anilines is 1. The van der Waals surface area contributed by atoms with E-state index in [0.717, 1.165) is 49.3 Å². The number of piperazine rings is 1. The molecule has 7 heteroatoms. The van der Waals surface area contributed by atoms with Gasteiger partial charge in [-0.15, -0.1) is 0 Å². The van der Waals surface area contributed by atoms with Gasteiger partial charge < -0.3 is 15.1 Å². The summed E-state index contributed by atoms with van der Waals surface area (Å²) in [5.74, 6) is 0.971. The Bertz CT molecular complexity index is 761. The predicted octanol–water partition coefficient (Wildman–Crippen LogP) is 2.67. The molecule has 1 aromatic carbocycles. The molecule has 0 atom stereocenters. The average Bonchev–Trinajstić information content (AvgIpc) is 3.06. The standard InChI is InChI=1S/C19H27ClN6/c1-4-21-19(22-12-16-13-23-24(3)14-16)26-9-7-25(8-10-26)18-11-17(20)6-5-15(18)2/h5-6,11,13-14H,4,7-10,12H2,1-3H3,(H,21,22). The summed E-state index contributed by atoms with van der Waals surface area (Å²) >= 11 is 6.18. The highest BCUT2D eigenvalue weighted by Crippen LogP contribution is 2.25. The molecule has 0 aliphatic carbocycles. The molecule has 0 saturated carbocycles. The number of halogens is 1. The minimum atomic E-state index is 0.643. The topological polar surface area (TPSA) is 48.7 Å². The van der Waals surface area contributed by atoms with E-state index in [9.17, 15) is 0 Å². The van der Waals surface area contributed by atoms with E-state index in [1.54, 1.807) is 0 Å². The molecule has 1 fully saturated rings. The summed E-state index contributed by atoms with van der Waals surface area (Å²) in [5, 5.41) is 8.41. The SMILES string of the molecule is CCNC(=NCc1cnn(C)c1)N1CCN(c2cc(Cl)ccc2C)CC1. The van der Waals surface area contributed by atoms with Crippen molar-refractivity contribution < 1.29 is 0 Å². The van der Waals surface area contributed by atoms with Crippen LogP contribution in [-0.4, -0.2) is 53.4 Å². The van der Waals surface area contributed by atoms with Crippen LogP contribution in [0.25, 0.3) is 0 Å². The smallest absolute Gasteiger partial charge is 0.194 e. The van der Waals surface area contributed by atoms with E-state index in [4.69, 9.17) is 16.6 Å². The van der Waals surface area contributed by atoms with Crippen molar-refractivity contribution in [3.63, 3.8) is 0 Å². The fourth-order valence-corrected chi connectivity index (χ4v) is 3.39. The van der Waals surface area contributed by atoms with Crippen LogP contribution in [-0.2, 0) is 13.6 Å². The fraction of sp³-hybridized carbons (Fsp3) is 0.474. The Morgan fingerprint density at radius 2 is 2.04 bits per heavy atom. The first-order valence-electron chi connectivity index (χ1n) is 9.08. The first kappa shape index (κ1) is 18.6. The second-order valence-corrected chi connectivity index (χ2v) is 7.03. The number of aryl methyl sites for hydroxylation is 2. The van der Waals surface area contributed by atoms with Crippen molar-refractivity contribution in [2.45, 2.75) is 20.4 Å². The zero-order valence-corrected chi connectivity index (χ0v) is 16.5. The normalized spacial score (nSPS) is 15.5. The number of aliphatic imine (C=N–C) groups is 1. The molecule has 1 N–H and O–H groups in total. The summed E-state index contributed by atoms with van der Waals surface area (Å²) in [6, 6.07) is 6.10. The Morgan fingerprint density at radius 3 is 2.69 bits per heavy atom. The van der Waals surface area contributed by atoms with Crippen LogP contribution in [0.15, 0.2) is 35.6 Å². The third-order valence-electron chi connectivity index (χ3n) is 4.60. The molecular weight excluding hydrogens is 348 g/mol. The van der Waals surface area contributed by atoms with E-state index in [0.29, 0.717) is 6.54 Å². The largest absolute Gasteiger partial charge is 0.368 e. The van der Waals surface area contributed by atoms with Gasteiger partial charge in [-0.25, -0.2) is 4.99 Å². The lowest BCUT2D eigenvalue weighted by Gasteiger charge is -2.38. The monoisotopic (exact) mass is 374 g/mol. The van der Waals surface area contributed by atoms with Crippen molar-refractivity contribution in [3.8, 4) is 0 Å². The molecular formula is C19H27ClN6. The molecule has 2 heterocycles. The van der Waals surface area contributed by atoms with Crippen LogP contribution in [0.3, 0.4) is 0 Å². The first-order valence-corrected chi connectivity index (χ1v) is 9.46. The van der Waals surface area contributed by atoms with Crippen molar-refractivity contribution in [1.82, 2.24) is 20.0 Å². The minimum absolute atomic E-state index is 0.643. The lowest BCUT2D eigenvalue weighted by Crippen LogP contribution is -2.52. The predicted molar refractivity (Wildman–Crippen MR) is 108 cm³/mol. The van der Waals surface area contributed by atoms with E-state index < -0.39 is 0 Å². The molecule has 0 unspecified atom stereocenters. The number of nitrogens with one attached hydrogen (secondary N) is 1. The highest BCUT2D eigenvalue weighted by molar-refractivity contribution is 6.30. The molecule has 0 radical (unpaired) electrons. The van der Waals surface area contributed by atoms with Gasteiger partial charge in [0.1, 0.15) is 0 Å². The average molecular weight is 375 g/mol. The number of guanidine groups is 1. The van der Waals surface area contributed by atoms with Gasteiger partial charge in [-0.1, -0.05) is 17.7 Å². The number of nitrogens with zero attached hydrogens (tertiary/aromatic N) is 5. The maximum absolute atomic E-state index is 6.18. The molecule has 2 aromatic rings. The maximum atomic E-state index is 6.18. The number of hydrogen-bond donors (Lipinski definition) is 1. The molecule has 26 heavy (non-hydrogen) atoms. The van der Waals surface area contributed by atoms with Crippen LogP contribution in [0.1, 0.15) is 18.1 Å². The number of rotatable bonds is 4. The molecule has 0 bridgehead atoms. The Balaban J connectivity index is 1.65. The zero-order chi connectivity index (χ0) is 18.5. The van der Waals surface area contributed by atoms with E-state index in [1.807, 2.05) is 30.2 Å². The molecule has 0 amide bonds. The number of benzene rings is 1. The van der Waals surface area contributed by atoms with Crippen LogP contribution in [0.5, 0.6) is 0 Å². The third-order valence-corrected chi connectivity index (χ3v) is 4.83. The van der Waals surface area contributed by atoms with E-state index in [-0.39, 0.29) is 0 Å². The zero-order valence-electron chi connectivity index (χ0n) is 15.7. The second kappa shape index (κ2) is 8.45. The van der Waals surface area contributed by atoms with Gasteiger partial charge in [0.15, 0.2) is 5.96 Å². The molecule has 1 saturated heterocycles. The summed E-state index contributed by atoms with van der Waals surface area (Å²) in [7, 11) is 1.93. The highest BCUT2D eigenvalue weighted by atomic mass is 35.5. The van der Waals surface area contributed by atoms with Crippen LogP contribution < -0.4 is 10.2 Å². The van der Waals surface area contributed by atoms with Gasteiger partial charge in [-0.05, 0) is 31.5 Å². The van der Waals surface area contributed by atoms with E-state index in [1.165, 1.54) is 11.3 Å².